The van der Waals surface area contributed by atoms with Gasteiger partial charge in [-0.15, -0.1) is 0 Å². The molecule has 0 aromatic heterocycles. The monoisotopic (exact) mass is 397 g/mol. The second-order valence-corrected chi connectivity index (χ2v) is 9.43. The van der Waals surface area contributed by atoms with Crippen LogP contribution in [0.15, 0.2) is 23.2 Å². The number of aryl methyl sites for hydroxylation is 1. The fraction of sp³-hybridized carbons (Fsp3) is 0.650. The molecule has 1 rings (SSSR count). The van der Waals surface area contributed by atoms with Crippen molar-refractivity contribution in [2.75, 3.05) is 39.6 Å². The number of hydrogen-bond donors (Lipinski definition) is 2. The molecule has 0 fully saturated rings. The van der Waals surface area contributed by atoms with Gasteiger partial charge in [0.25, 0.3) is 0 Å². The largest absolute Gasteiger partial charge is 0.493 e. The summed E-state index contributed by atoms with van der Waals surface area (Å²) in [5, 5.41) is 6.52. The van der Waals surface area contributed by atoms with Gasteiger partial charge in [0.05, 0.1) is 13.7 Å². The zero-order chi connectivity index (χ0) is 20.3. The number of guanidine groups is 1. The summed E-state index contributed by atoms with van der Waals surface area (Å²) in [5.41, 5.74) is 1.21. The maximum Gasteiger partial charge on any atom is 0.191 e. The summed E-state index contributed by atoms with van der Waals surface area (Å²) in [6, 6.07) is 6.05. The molecule has 0 heterocycles. The number of rotatable bonds is 10. The van der Waals surface area contributed by atoms with Crippen LogP contribution < -0.4 is 20.1 Å². The minimum atomic E-state index is -0.862. The number of methoxy groups -OCH3 is 1. The van der Waals surface area contributed by atoms with E-state index in [2.05, 4.69) is 21.7 Å². The number of aliphatic imine (C=N–C) groups is 1. The molecule has 0 spiro atoms. The quantitative estimate of drug-likeness (QED) is 0.361. The molecular weight excluding hydrogens is 362 g/mol. The lowest BCUT2D eigenvalue weighted by Gasteiger charge is -2.18. The molecule has 1 unspecified atom stereocenters. The first kappa shape index (κ1) is 23.3. The van der Waals surface area contributed by atoms with E-state index in [9.17, 15) is 4.21 Å². The van der Waals surface area contributed by atoms with Crippen LogP contribution in [0.25, 0.3) is 0 Å². The first-order valence-electron chi connectivity index (χ1n) is 9.44. The summed E-state index contributed by atoms with van der Waals surface area (Å²) in [5.74, 6) is 2.90. The van der Waals surface area contributed by atoms with Crippen molar-refractivity contribution < 1.29 is 13.7 Å². The van der Waals surface area contributed by atoms with Crippen molar-refractivity contribution in [3.05, 3.63) is 23.8 Å². The maximum absolute atomic E-state index is 12.1. The van der Waals surface area contributed by atoms with Crippen LogP contribution in [0, 0.1) is 0 Å². The second kappa shape index (κ2) is 11.8. The molecule has 0 radical (unpaired) electrons. The fourth-order valence-electron chi connectivity index (χ4n) is 2.43. The van der Waals surface area contributed by atoms with E-state index in [0.717, 1.165) is 36.8 Å². The molecule has 0 aliphatic heterocycles. The summed E-state index contributed by atoms with van der Waals surface area (Å²) in [6.07, 6.45) is 1.90. The van der Waals surface area contributed by atoms with Gasteiger partial charge in [-0.3, -0.25) is 9.20 Å². The Morgan fingerprint density at radius 3 is 2.48 bits per heavy atom. The van der Waals surface area contributed by atoms with Crippen molar-refractivity contribution in [2.24, 2.45) is 4.99 Å². The molecule has 0 bridgehead atoms. The smallest absolute Gasteiger partial charge is 0.191 e. The van der Waals surface area contributed by atoms with Gasteiger partial charge in [-0.2, -0.15) is 0 Å². The molecule has 27 heavy (non-hydrogen) atoms. The third-order valence-electron chi connectivity index (χ3n) is 3.95. The molecule has 6 nitrogen and oxygen atoms in total. The highest BCUT2D eigenvalue weighted by Crippen LogP contribution is 2.28. The number of nitrogens with zero attached hydrogens (tertiary/aromatic N) is 1. The summed E-state index contributed by atoms with van der Waals surface area (Å²) in [4.78, 5) is 4.21. The van der Waals surface area contributed by atoms with E-state index in [1.54, 1.807) is 14.2 Å². The van der Waals surface area contributed by atoms with Crippen LogP contribution in [0.5, 0.6) is 11.5 Å². The van der Waals surface area contributed by atoms with Crippen molar-refractivity contribution in [3.8, 4) is 11.5 Å². The number of hydrogen-bond acceptors (Lipinski definition) is 4. The molecule has 0 saturated heterocycles. The second-order valence-electron chi connectivity index (χ2n) is 7.11. The van der Waals surface area contributed by atoms with Crippen molar-refractivity contribution in [1.82, 2.24) is 10.6 Å². The first-order valence-corrected chi connectivity index (χ1v) is 10.8. The van der Waals surface area contributed by atoms with Gasteiger partial charge in [0.15, 0.2) is 17.5 Å². The lowest BCUT2D eigenvalue weighted by Crippen LogP contribution is -2.40. The SMILES string of the molecule is CCOc1cc(CCCNC(=NC)NCCS(=O)C(C)(C)C)ccc1OC. The lowest BCUT2D eigenvalue weighted by molar-refractivity contribution is 0.310. The Labute approximate surface area is 166 Å². The van der Waals surface area contributed by atoms with Crippen LogP contribution in [-0.4, -0.2) is 54.5 Å². The molecule has 1 aromatic rings. The minimum absolute atomic E-state index is 0.183. The zero-order valence-electron chi connectivity index (χ0n) is 17.6. The standard InChI is InChI=1S/C20H35N3O3S/c1-7-26-18-15-16(10-11-17(18)25-6)9-8-12-22-19(21-5)23-13-14-27(24)20(2,3)4/h10-11,15H,7-9,12-14H2,1-6H3,(H2,21,22,23). The molecule has 7 heteroatoms. The number of ether oxygens (including phenoxy) is 2. The average molecular weight is 398 g/mol. The highest BCUT2D eigenvalue weighted by molar-refractivity contribution is 7.86. The molecule has 1 aromatic carbocycles. The molecule has 0 amide bonds. The van der Waals surface area contributed by atoms with Gasteiger partial charge in [0.1, 0.15) is 0 Å². The van der Waals surface area contributed by atoms with E-state index in [1.165, 1.54) is 5.56 Å². The predicted molar refractivity (Wildman–Crippen MR) is 115 cm³/mol. The van der Waals surface area contributed by atoms with Gasteiger partial charge in [-0.1, -0.05) is 6.07 Å². The molecule has 1 atom stereocenters. The molecule has 0 saturated carbocycles. The molecule has 2 N–H and O–H groups in total. The van der Waals surface area contributed by atoms with Crippen molar-refractivity contribution >= 4 is 16.8 Å². The summed E-state index contributed by atoms with van der Waals surface area (Å²) >= 11 is 0. The van der Waals surface area contributed by atoms with Crippen molar-refractivity contribution in [3.63, 3.8) is 0 Å². The van der Waals surface area contributed by atoms with Crippen LogP contribution in [0.2, 0.25) is 0 Å². The van der Waals surface area contributed by atoms with Crippen LogP contribution in [0.3, 0.4) is 0 Å². The van der Waals surface area contributed by atoms with E-state index >= 15 is 0 Å². The van der Waals surface area contributed by atoms with Gasteiger partial charge in [0.2, 0.25) is 0 Å². The Kier molecular flexibility index (Phi) is 10.2. The Hall–Kier alpha value is -1.76. The van der Waals surface area contributed by atoms with E-state index in [1.807, 2.05) is 39.8 Å². The van der Waals surface area contributed by atoms with E-state index in [0.29, 0.717) is 18.9 Å². The first-order chi connectivity index (χ1) is 12.8. The predicted octanol–water partition coefficient (Wildman–Crippen LogP) is 2.74. The molecule has 0 aliphatic carbocycles. The Bertz CT molecular complexity index is 627. The summed E-state index contributed by atoms with van der Waals surface area (Å²) in [7, 11) is 2.53. The highest BCUT2D eigenvalue weighted by Gasteiger charge is 2.18. The average Bonchev–Trinajstić information content (AvgIpc) is 2.63. The van der Waals surface area contributed by atoms with Crippen LogP contribution in [-0.2, 0) is 17.2 Å². The van der Waals surface area contributed by atoms with Crippen LogP contribution in [0.4, 0.5) is 0 Å². The van der Waals surface area contributed by atoms with Gasteiger partial charge in [-0.25, -0.2) is 0 Å². The van der Waals surface area contributed by atoms with Gasteiger partial charge < -0.3 is 20.1 Å². The van der Waals surface area contributed by atoms with E-state index in [-0.39, 0.29) is 4.75 Å². The van der Waals surface area contributed by atoms with Gasteiger partial charge in [-0.05, 0) is 58.2 Å². The highest BCUT2D eigenvalue weighted by atomic mass is 32.2. The Morgan fingerprint density at radius 1 is 1.19 bits per heavy atom. The topological polar surface area (TPSA) is 72.0 Å². The normalized spacial score (nSPS) is 13.2. The van der Waals surface area contributed by atoms with E-state index < -0.39 is 10.8 Å². The maximum atomic E-state index is 12.1. The fourth-order valence-corrected chi connectivity index (χ4v) is 3.33. The molecule has 154 valence electrons. The summed E-state index contributed by atoms with van der Waals surface area (Å²) in [6.45, 7) is 10.00. The Balaban J connectivity index is 2.37. The van der Waals surface area contributed by atoms with Crippen LogP contribution in [0.1, 0.15) is 39.7 Å². The van der Waals surface area contributed by atoms with E-state index in [4.69, 9.17) is 9.47 Å². The lowest BCUT2D eigenvalue weighted by atomic mass is 10.1. The molecule has 0 aliphatic rings. The Morgan fingerprint density at radius 2 is 1.89 bits per heavy atom. The summed E-state index contributed by atoms with van der Waals surface area (Å²) < 4.78 is 22.8. The zero-order valence-corrected chi connectivity index (χ0v) is 18.4. The third kappa shape index (κ3) is 8.65. The van der Waals surface area contributed by atoms with Crippen LogP contribution >= 0.6 is 0 Å². The minimum Gasteiger partial charge on any atom is -0.493 e. The van der Waals surface area contributed by atoms with Crippen molar-refractivity contribution in [2.45, 2.75) is 45.3 Å². The molecular formula is C20H35N3O3S. The third-order valence-corrected chi connectivity index (χ3v) is 5.89. The van der Waals surface area contributed by atoms with Gasteiger partial charge >= 0.3 is 0 Å². The number of benzene rings is 1. The number of nitrogens with one attached hydrogen (secondary N) is 2. The van der Waals surface area contributed by atoms with Gasteiger partial charge in [0, 0.05) is 41.4 Å². The van der Waals surface area contributed by atoms with Crippen molar-refractivity contribution in [1.29, 1.82) is 0 Å².